The van der Waals surface area contributed by atoms with Gasteiger partial charge in [0.1, 0.15) is 0 Å². The number of hydrogen-bond donors (Lipinski definition) is 1. The molecule has 1 aromatic carbocycles. The molecule has 5 heteroatoms. The van der Waals surface area contributed by atoms with E-state index in [9.17, 15) is 0 Å². The topological polar surface area (TPSA) is 12.0 Å². The number of nitrogens with one attached hydrogen (secondary N) is 1. The van der Waals surface area contributed by atoms with E-state index in [0.717, 1.165) is 19.4 Å². The largest absolute Gasteiger partial charge is 0.309 e. The minimum Gasteiger partial charge on any atom is -0.309 e. The SMILES string of the molecule is CNC(c1ccc(Cl)s1)c1cc(Cl)ccc1Br. The number of hydrogen-bond acceptors (Lipinski definition) is 2. The average Bonchev–Trinajstić information content (AvgIpc) is 2.71. The van der Waals surface area contributed by atoms with Crippen LogP contribution in [0.1, 0.15) is 16.5 Å². The molecule has 1 atom stereocenters. The van der Waals surface area contributed by atoms with E-state index in [1.54, 1.807) is 11.3 Å². The highest BCUT2D eigenvalue weighted by Crippen LogP contribution is 2.35. The summed E-state index contributed by atoms with van der Waals surface area (Å²) in [4.78, 5) is 1.17. The van der Waals surface area contributed by atoms with E-state index in [-0.39, 0.29) is 6.04 Å². The van der Waals surface area contributed by atoms with E-state index >= 15 is 0 Å². The van der Waals surface area contributed by atoms with Crippen molar-refractivity contribution in [3.05, 3.63) is 54.6 Å². The summed E-state index contributed by atoms with van der Waals surface area (Å²) in [6.45, 7) is 0. The second-order valence-corrected chi connectivity index (χ2v) is 6.57. The van der Waals surface area contributed by atoms with Gasteiger partial charge in [0.05, 0.1) is 10.4 Å². The van der Waals surface area contributed by atoms with Gasteiger partial charge in [-0.3, -0.25) is 0 Å². The third-order valence-corrected chi connectivity index (χ3v) is 4.69. The van der Waals surface area contributed by atoms with Crippen LogP contribution in [-0.2, 0) is 0 Å². The highest BCUT2D eigenvalue weighted by atomic mass is 79.9. The van der Waals surface area contributed by atoms with Gasteiger partial charge in [0.2, 0.25) is 0 Å². The Labute approximate surface area is 123 Å². The quantitative estimate of drug-likeness (QED) is 0.809. The van der Waals surface area contributed by atoms with Crippen molar-refractivity contribution in [2.75, 3.05) is 7.05 Å². The van der Waals surface area contributed by atoms with Gasteiger partial charge in [0.15, 0.2) is 0 Å². The first-order chi connectivity index (χ1) is 8.11. The molecule has 17 heavy (non-hydrogen) atoms. The fraction of sp³-hybridized carbons (Fsp3) is 0.167. The van der Waals surface area contributed by atoms with Gasteiger partial charge in [0, 0.05) is 14.4 Å². The van der Waals surface area contributed by atoms with E-state index in [0.29, 0.717) is 0 Å². The molecule has 0 amide bonds. The van der Waals surface area contributed by atoms with Gasteiger partial charge < -0.3 is 5.32 Å². The Hall–Kier alpha value is -0.0600. The molecule has 1 unspecified atom stereocenters. The van der Waals surface area contributed by atoms with Crippen LogP contribution in [0.15, 0.2) is 34.8 Å². The van der Waals surface area contributed by atoms with Crippen LogP contribution < -0.4 is 5.32 Å². The molecule has 0 spiro atoms. The van der Waals surface area contributed by atoms with Gasteiger partial charge >= 0.3 is 0 Å². The van der Waals surface area contributed by atoms with Crippen molar-refractivity contribution in [1.29, 1.82) is 0 Å². The fourth-order valence-corrected chi connectivity index (χ4v) is 3.52. The zero-order valence-electron chi connectivity index (χ0n) is 9.01. The Morgan fingerprint density at radius 2 is 2.00 bits per heavy atom. The van der Waals surface area contributed by atoms with Crippen LogP contribution in [0.4, 0.5) is 0 Å². The predicted octanol–water partition coefficient (Wildman–Crippen LogP) is 5.13. The van der Waals surface area contributed by atoms with Gasteiger partial charge in [-0.1, -0.05) is 39.1 Å². The van der Waals surface area contributed by atoms with Crippen LogP contribution in [0, 0.1) is 0 Å². The summed E-state index contributed by atoms with van der Waals surface area (Å²) in [5.41, 5.74) is 1.11. The van der Waals surface area contributed by atoms with Crippen molar-refractivity contribution in [3.8, 4) is 0 Å². The van der Waals surface area contributed by atoms with Crippen molar-refractivity contribution in [2.24, 2.45) is 0 Å². The molecule has 0 saturated carbocycles. The lowest BCUT2D eigenvalue weighted by Gasteiger charge is -2.17. The smallest absolute Gasteiger partial charge is 0.0931 e. The van der Waals surface area contributed by atoms with E-state index in [1.165, 1.54) is 4.88 Å². The zero-order valence-corrected chi connectivity index (χ0v) is 12.9. The summed E-state index contributed by atoms with van der Waals surface area (Å²) in [7, 11) is 1.92. The highest BCUT2D eigenvalue weighted by molar-refractivity contribution is 9.10. The Bertz CT molecular complexity index is 527. The Kier molecular flexibility index (Phi) is 4.50. The van der Waals surface area contributed by atoms with Crippen LogP contribution in [-0.4, -0.2) is 7.05 Å². The number of benzene rings is 1. The molecule has 1 aromatic heterocycles. The molecular formula is C12H10BrCl2NS. The number of rotatable bonds is 3. The Balaban J connectivity index is 2.45. The normalized spacial score (nSPS) is 12.7. The molecule has 2 rings (SSSR count). The lowest BCUT2D eigenvalue weighted by atomic mass is 10.1. The number of halogens is 3. The summed E-state index contributed by atoms with van der Waals surface area (Å²) >= 11 is 17.1. The molecule has 2 aromatic rings. The van der Waals surface area contributed by atoms with Crippen LogP contribution in [0.5, 0.6) is 0 Å². The zero-order chi connectivity index (χ0) is 12.4. The molecule has 0 fully saturated rings. The van der Waals surface area contributed by atoms with Crippen molar-refractivity contribution in [3.63, 3.8) is 0 Å². The van der Waals surface area contributed by atoms with Gasteiger partial charge in [-0.2, -0.15) is 0 Å². The van der Waals surface area contributed by atoms with Gasteiger partial charge in [0.25, 0.3) is 0 Å². The van der Waals surface area contributed by atoms with Crippen molar-refractivity contribution in [1.82, 2.24) is 5.32 Å². The van der Waals surface area contributed by atoms with E-state index in [1.807, 2.05) is 37.4 Å². The van der Waals surface area contributed by atoms with Crippen molar-refractivity contribution >= 4 is 50.5 Å². The van der Waals surface area contributed by atoms with Crippen LogP contribution in [0.25, 0.3) is 0 Å². The Morgan fingerprint density at radius 1 is 1.24 bits per heavy atom. The Morgan fingerprint density at radius 3 is 2.59 bits per heavy atom. The molecule has 0 aliphatic heterocycles. The van der Waals surface area contributed by atoms with Crippen LogP contribution >= 0.6 is 50.5 Å². The minimum absolute atomic E-state index is 0.0978. The maximum Gasteiger partial charge on any atom is 0.0931 e. The van der Waals surface area contributed by atoms with Crippen molar-refractivity contribution < 1.29 is 0 Å². The summed E-state index contributed by atoms with van der Waals surface area (Å²) in [5.74, 6) is 0. The molecule has 0 aliphatic rings. The van der Waals surface area contributed by atoms with Crippen LogP contribution in [0.2, 0.25) is 9.36 Å². The summed E-state index contributed by atoms with van der Waals surface area (Å²) in [6, 6.07) is 9.81. The molecule has 1 heterocycles. The fourth-order valence-electron chi connectivity index (χ4n) is 1.67. The van der Waals surface area contributed by atoms with Gasteiger partial charge in [-0.25, -0.2) is 0 Å². The molecule has 0 saturated heterocycles. The third kappa shape index (κ3) is 3.04. The lowest BCUT2D eigenvalue weighted by molar-refractivity contribution is 0.701. The summed E-state index contributed by atoms with van der Waals surface area (Å²) in [5, 5.41) is 4.01. The second kappa shape index (κ2) is 5.72. The van der Waals surface area contributed by atoms with Gasteiger partial charge in [-0.05, 0) is 42.9 Å². The van der Waals surface area contributed by atoms with E-state index in [4.69, 9.17) is 23.2 Å². The standard InChI is InChI=1S/C12H10BrCl2NS/c1-16-12(10-4-5-11(15)17-10)8-6-7(14)2-3-9(8)13/h2-6,12,16H,1H3. The predicted molar refractivity (Wildman–Crippen MR) is 79.4 cm³/mol. The highest BCUT2D eigenvalue weighted by Gasteiger charge is 2.17. The summed E-state index contributed by atoms with van der Waals surface area (Å²) < 4.78 is 1.82. The minimum atomic E-state index is 0.0978. The molecule has 0 bridgehead atoms. The monoisotopic (exact) mass is 349 g/mol. The van der Waals surface area contributed by atoms with Crippen molar-refractivity contribution in [2.45, 2.75) is 6.04 Å². The molecule has 0 aliphatic carbocycles. The first-order valence-corrected chi connectivity index (χ1v) is 7.36. The molecule has 1 nitrogen and oxygen atoms in total. The maximum atomic E-state index is 6.04. The first-order valence-electron chi connectivity index (χ1n) is 4.99. The van der Waals surface area contributed by atoms with Crippen LogP contribution in [0.3, 0.4) is 0 Å². The molecular weight excluding hydrogens is 341 g/mol. The molecule has 1 N–H and O–H groups in total. The van der Waals surface area contributed by atoms with E-state index in [2.05, 4.69) is 21.2 Å². The van der Waals surface area contributed by atoms with E-state index < -0.39 is 0 Å². The average molecular weight is 351 g/mol. The first kappa shape index (κ1) is 13.4. The molecule has 90 valence electrons. The van der Waals surface area contributed by atoms with Gasteiger partial charge in [-0.15, -0.1) is 11.3 Å². The molecule has 0 radical (unpaired) electrons. The number of thiophene rings is 1. The summed E-state index contributed by atoms with van der Waals surface area (Å²) in [6.07, 6.45) is 0. The lowest BCUT2D eigenvalue weighted by Crippen LogP contribution is -2.16. The maximum absolute atomic E-state index is 6.04. The third-order valence-electron chi connectivity index (χ3n) is 2.44. The second-order valence-electron chi connectivity index (χ2n) is 3.53.